The van der Waals surface area contributed by atoms with Crippen molar-refractivity contribution in [2.45, 2.75) is 117 Å². The highest BCUT2D eigenvalue weighted by Crippen LogP contribution is 2.37. The first-order chi connectivity index (χ1) is 30.7. The van der Waals surface area contributed by atoms with Crippen LogP contribution in [-0.4, -0.2) is 49.6 Å². The van der Waals surface area contributed by atoms with Crippen molar-refractivity contribution < 1.29 is 28.4 Å². The number of aromatic nitrogens is 2. The molecule has 0 unspecified atom stereocenters. The summed E-state index contributed by atoms with van der Waals surface area (Å²) in [5, 5.41) is 4.10. The van der Waals surface area contributed by atoms with E-state index in [4.69, 9.17) is 38.4 Å². The van der Waals surface area contributed by atoms with Gasteiger partial charge in [0.05, 0.1) is 63.4 Å². The summed E-state index contributed by atoms with van der Waals surface area (Å²) < 4.78 is 36.3. The Morgan fingerprint density at radius 1 is 0.306 bits per heavy atom. The first kappa shape index (κ1) is 46.0. The van der Waals surface area contributed by atoms with Crippen LogP contribution in [-0.2, 0) is 0 Å². The molecule has 0 N–H and O–H groups in total. The summed E-state index contributed by atoms with van der Waals surface area (Å²) >= 11 is 0. The van der Waals surface area contributed by atoms with E-state index in [0.29, 0.717) is 26.4 Å². The second-order valence-corrected chi connectivity index (χ2v) is 16.0. The highest BCUT2D eigenvalue weighted by molar-refractivity contribution is 6.05. The second-order valence-electron chi connectivity index (χ2n) is 16.0. The standard InChI is InChI=1S/C54H68N2O6/c1-3-5-7-17-35-57-43-27-31-45(32-28-43)59-37-19-9-11-21-39-61-51-41-55-53(49-25-15-13-23-47(49)51)54-50-26-16-14-24-48(50)52(42-56-54)62-40-22-12-10-20-38-60-46-33-29-44(30-34-46)58-36-18-8-6-4-2/h13-16,23-34,41-42H,3-12,17-22,35-40H2,1-2H3. The van der Waals surface area contributed by atoms with Gasteiger partial charge in [-0.25, -0.2) is 0 Å². The zero-order valence-electron chi connectivity index (χ0n) is 37.3. The molecule has 8 heteroatoms. The molecule has 0 atom stereocenters. The van der Waals surface area contributed by atoms with Crippen LogP contribution in [0.2, 0.25) is 0 Å². The van der Waals surface area contributed by atoms with E-state index in [0.717, 1.165) is 145 Å². The van der Waals surface area contributed by atoms with Crippen molar-refractivity contribution in [2.75, 3.05) is 39.6 Å². The number of rotatable bonds is 31. The number of pyridine rings is 2. The first-order valence-electron chi connectivity index (χ1n) is 23.5. The van der Waals surface area contributed by atoms with Crippen LogP contribution in [0.25, 0.3) is 32.9 Å². The van der Waals surface area contributed by atoms with Crippen molar-refractivity contribution in [3.63, 3.8) is 0 Å². The van der Waals surface area contributed by atoms with E-state index in [1.807, 2.05) is 73.1 Å². The lowest BCUT2D eigenvalue weighted by Gasteiger charge is -2.15. The van der Waals surface area contributed by atoms with Gasteiger partial charge in [-0.05, 0) is 113 Å². The van der Waals surface area contributed by atoms with Crippen molar-refractivity contribution in [3.8, 4) is 45.9 Å². The Morgan fingerprint density at radius 2 is 0.581 bits per heavy atom. The fraction of sp³-hybridized carbons (Fsp3) is 0.444. The molecule has 0 aliphatic rings. The highest BCUT2D eigenvalue weighted by Gasteiger charge is 2.16. The number of fused-ring (bicyclic) bond motifs is 2. The van der Waals surface area contributed by atoms with Crippen LogP contribution in [0.1, 0.15) is 117 Å². The average Bonchev–Trinajstić information content (AvgIpc) is 3.31. The molecular formula is C54H68N2O6. The summed E-state index contributed by atoms with van der Waals surface area (Å²) in [5.41, 5.74) is 1.68. The lowest BCUT2D eigenvalue weighted by Crippen LogP contribution is -2.02. The summed E-state index contributed by atoms with van der Waals surface area (Å²) in [6, 6.07) is 32.6. The minimum absolute atomic E-state index is 0.636. The van der Waals surface area contributed by atoms with Crippen molar-refractivity contribution in [2.24, 2.45) is 0 Å². The molecule has 6 rings (SSSR count). The molecular weight excluding hydrogens is 773 g/mol. The van der Waals surface area contributed by atoms with E-state index in [1.165, 1.54) is 38.5 Å². The lowest BCUT2D eigenvalue weighted by atomic mass is 10.0. The fourth-order valence-corrected chi connectivity index (χ4v) is 7.50. The summed E-state index contributed by atoms with van der Waals surface area (Å²) in [7, 11) is 0. The summed E-state index contributed by atoms with van der Waals surface area (Å²) in [6.07, 6.45) is 21.6. The van der Waals surface area contributed by atoms with Crippen LogP contribution in [0.3, 0.4) is 0 Å². The molecule has 0 aliphatic carbocycles. The molecule has 0 radical (unpaired) electrons. The van der Waals surface area contributed by atoms with E-state index in [1.54, 1.807) is 0 Å². The van der Waals surface area contributed by atoms with Gasteiger partial charge >= 0.3 is 0 Å². The molecule has 0 saturated carbocycles. The monoisotopic (exact) mass is 841 g/mol. The van der Waals surface area contributed by atoms with Crippen LogP contribution in [0.15, 0.2) is 109 Å². The topological polar surface area (TPSA) is 81.2 Å². The molecule has 0 saturated heterocycles. The second kappa shape index (κ2) is 26.8. The zero-order valence-corrected chi connectivity index (χ0v) is 37.3. The van der Waals surface area contributed by atoms with Gasteiger partial charge in [0.25, 0.3) is 0 Å². The van der Waals surface area contributed by atoms with Crippen LogP contribution < -0.4 is 28.4 Å². The van der Waals surface area contributed by atoms with Crippen LogP contribution >= 0.6 is 0 Å². The van der Waals surface area contributed by atoms with E-state index in [2.05, 4.69) is 50.2 Å². The Labute approximate surface area is 370 Å². The third-order valence-corrected chi connectivity index (χ3v) is 11.1. The molecule has 6 aromatic rings. The summed E-state index contributed by atoms with van der Waals surface area (Å²) in [5.74, 6) is 5.18. The van der Waals surface area contributed by atoms with Crippen molar-refractivity contribution in [3.05, 3.63) is 109 Å². The average molecular weight is 841 g/mol. The summed E-state index contributed by atoms with van der Waals surface area (Å²) in [6.45, 7) is 8.67. The normalized spacial score (nSPS) is 11.2. The van der Waals surface area contributed by atoms with Gasteiger partial charge in [-0.3, -0.25) is 9.97 Å². The molecule has 0 amide bonds. The van der Waals surface area contributed by atoms with Crippen LogP contribution in [0, 0.1) is 0 Å². The molecule has 2 heterocycles. The van der Waals surface area contributed by atoms with Gasteiger partial charge in [-0.1, -0.05) is 101 Å². The van der Waals surface area contributed by atoms with Crippen LogP contribution in [0.4, 0.5) is 0 Å². The SMILES string of the molecule is CCCCCCOc1ccc(OCCCCCCOc2cnc(-c3ncc(OCCCCCCOc4ccc(OCCCCCC)cc4)c4ccccc34)c3ccccc23)cc1. The predicted molar refractivity (Wildman–Crippen MR) is 254 cm³/mol. The number of benzene rings is 4. The Bertz CT molecular complexity index is 2000. The van der Waals surface area contributed by atoms with E-state index < -0.39 is 0 Å². The number of hydrogen-bond acceptors (Lipinski definition) is 8. The van der Waals surface area contributed by atoms with Gasteiger partial charge in [-0.2, -0.15) is 0 Å². The molecule has 0 bridgehead atoms. The summed E-state index contributed by atoms with van der Waals surface area (Å²) in [4.78, 5) is 9.88. The van der Waals surface area contributed by atoms with Crippen LogP contribution in [0.5, 0.6) is 34.5 Å². The zero-order chi connectivity index (χ0) is 42.9. The number of ether oxygens (including phenoxy) is 6. The third-order valence-electron chi connectivity index (χ3n) is 11.1. The van der Waals surface area contributed by atoms with E-state index >= 15 is 0 Å². The molecule has 330 valence electrons. The minimum atomic E-state index is 0.636. The maximum atomic E-state index is 6.32. The Kier molecular flexibility index (Phi) is 19.9. The molecule has 0 aliphatic heterocycles. The van der Waals surface area contributed by atoms with Gasteiger partial charge < -0.3 is 28.4 Å². The van der Waals surface area contributed by atoms with E-state index in [9.17, 15) is 0 Å². The molecule has 8 nitrogen and oxygen atoms in total. The smallest absolute Gasteiger partial charge is 0.145 e. The fourth-order valence-electron chi connectivity index (χ4n) is 7.50. The van der Waals surface area contributed by atoms with E-state index in [-0.39, 0.29) is 0 Å². The number of hydrogen-bond donors (Lipinski definition) is 0. The largest absolute Gasteiger partial charge is 0.494 e. The number of unbranched alkanes of at least 4 members (excludes halogenated alkanes) is 12. The highest BCUT2D eigenvalue weighted by atomic mass is 16.5. The molecule has 4 aromatic carbocycles. The predicted octanol–water partition coefficient (Wildman–Crippen LogP) is 14.4. The van der Waals surface area contributed by atoms with Gasteiger partial charge in [0.2, 0.25) is 0 Å². The maximum Gasteiger partial charge on any atom is 0.145 e. The van der Waals surface area contributed by atoms with Gasteiger partial charge in [0.15, 0.2) is 0 Å². The molecule has 0 fully saturated rings. The Morgan fingerprint density at radius 3 is 0.887 bits per heavy atom. The Hall–Kier alpha value is -5.50. The van der Waals surface area contributed by atoms with Crippen molar-refractivity contribution >= 4 is 21.5 Å². The first-order valence-corrected chi connectivity index (χ1v) is 23.5. The lowest BCUT2D eigenvalue weighted by molar-refractivity contribution is 0.287. The maximum absolute atomic E-state index is 6.32. The van der Waals surface area contributed by atoms with Gasteiger partial charge in [0, 0.05) is 21.5 Å². The van der Waals surface area contributed by atoms with Crippen molar-refractivity contribution in [1.29, 1.82) is 0 Å². The third kappa shape index (κ3) is 14.8. The van der Waals surface area contributed by atoms with Crippen molar-refractivity contribution in [1.82, 2.24) is 9.97 Å². The quantitative estimate of drug-likeness (QED) is 0.0400. The van der Waals surface area contributed by atoms with Gasteiger partial charge in [0.1, 0.15) is 34.5 Å². The molecule has 2 aromatic heterocycles. The minimum Gasteiger partial charge on any atom is -0.494 e. The van der Waals surface area contributed by atoms with Gasteiger partial charge in [-0.15, -0.1) is 0 Å². The number of nitrogens with zero attached hydrogens (tertiary/aromatic N) is 2. The molecule has 0 spiro atoms. The molecule has 62 heavy (non-hydrogen) atoms. The Balaban J connectivity index is 0.901.